The van der Waals surface area contributed by atoms with Gasteiger partial charge in [-0.05, 0) is 68.8 Å². The molecule has 21 heavy (non-hydrogen) atoms. The quantitative estimate of drug-likeness (QED) is 0.744. The van der Waals surface area contributed by atoms with E-state index in [-0.39, 0.29) is 0 Å². The highest BCUT2D eigenvalue weighted by Crippen LogP contribution is 2.36. The van der Waals surface area contributed by atoms with E-state index in [0.29, 0.717) is 0 Å². The van der Waals surface area contributed by atoms with Crippen LogP contribution in [-0.4, -0.2) is 25.0 Å². The second kappa shape index (κ2) is 6.96. The molecule has 3 rings (SSSR count). The summed E-state index contributed by atoms with van der Waals surface area (Å²) in [7, 11) is 4.49. The Morgan fingerprint density at radius 2 is 1.62 bits per heavy atom. The van der Waals surface area contributed by atoms with E-state index >= 15 is 0 Å². The van der Waals surface area contributed by atoms with Crippen LogP contribution in [0.2, 0.25) is 0 Å². The monoisotopic (exact) mass is 285 g/mol. The van der Waals surface area contributed by atoms with E-state index in [1.807, 2.05) is 0 Å². The summed E-state index contributed by atoms with van der Waals surface area (Å²) >= 11 is 0. The van der Waals surface area contributed by atoms with Crippen molar-refractivity contribution in [1.82, 2.24) is 4.90 Å². The first-order chi connectivity index (χ1) is 10.3. The van der Waals surface area contributed by atoms with Crippen molar-refractivity contribution < 1.29 is 0 Å². The maximum Gasteiger partial charge on any atom is 0.0133 e. The van der Waals surface area contributed by atoms with Gasteiger partial charge in [-0.15, -0.1) is 0 Å². The lowest BCUT2D eigenvalue weighted by molar-refractivity contribution is 0.267. The van der Waals surface area contributed by atoms with Gasteiger partial charge < -0.3 is 4.90 Å². The van der Waals surface area contributed by atoms with Crippen molar-refractivity contribution in [3.05, 3.63) is 34.9 Å². The van der Waals surface area contributed by atoms with Crippen molar-refractivity contribution >= 4 is 0 Å². The largest absolute Gasteiger partial charge is 0.306 e. The lowest BCUT2D eigenvalue weighted by Gasteiger charge is -2.33. The van der Waals surface area contributed by atoms with Gasteiger partial charge >= 0.3 is 0 Å². The van der Waals surface area contributed by atoms with Gasteiger partial charge in [-0.1, -0.05) is 50.3 Å². The van der Waals surface area contributed by atoms with Crippen molar-refractivity contribution in [2.75, 3.05) is 14.1 Å². The van der Waals surface area contributed by atoms with E-state index in [1.165, 1.54) is 64.2 Å². The van der Waals surface area contributed by atoms with E-state index in [4.69, 9.17) is 0 Å². The third-order valence-corrected chi connectivity index (χ3v) is 5.77. The number of nitrogens with zero attached hydrogens (tertiary/aromatic N) is 1. The summed E-state index contributed by atoms with van der Waals surface area (Å²) in [6, 6.07) is 7.90. The molecule has 1 atom stereocenters. The number of aryl methyl sites for hydroxylation is 1. The van der Waals surface area contributed by atoms with Gasteiger partial charge in [0.1, 0.15) is 0 Å². The van der Waals surface area contributed by atoms with Crippen LogP contribution in [0.25, 0.3) is 0 Å². The van der Waals surface area contributed by atoms with Gasteiger partial charge in [0.25, 0.3) is 0 Å². The Morgan fingerprint density at radius 3 is 2.33 bits per heavy atom. The molecular weight excluding hydrogens is 254 g/mol. The van der Waals surface area contributed by atoms with Crippen molar-refractivity contribution in [2.24, 2.45) is 0 Å². The zero-order valence-corrected chi connectivity index (χ0v) is 13.9. The molecule has 116 valence electrons. The van der Waals surface area contributed by atoms with E-state index in [1.54, 1.807) is 16.7 Å². The Hall–Kier alpha value is -0.820. The van der Waals surface area contributed by atoms with Gasteiger partial charge in [-0.25, -0.2) is 0 Å². The molecule has 0 N–H and O–H groups in total. The van der Waals surface area contributed by atoms with Crippen LogP contribution in [-0.2, 0) is 12.8 Å². The minimum absolute atomic E-state index is 0.743. The zero-order chi connectivity index (χ0) is 14.7. The van der Waals surface area contributed by atoms with Gasteiger partial charge in [-0.2, -0.15) is 0 Å². The maximum absolute atomic E-state index is 2.45. The first kappa shape index (κ1) is 15.1. The van der Waals surface area contributed by atoms with Crippen LogP contribution in [0, 0.1) is 0 Å². The summed E-state index contributed by atoms with van der Waals surface area (Å²) in [4.78, 5) is 2.43. The molecule has 0 bridgehead atoms. The summed E-state index contributed by atoms with van der Waals surface area (Å²) in [5, 5.41) is 0. The first-order valence-corrected chi connectivity index (χ1v) is 9.03. The van der Waals surface area contributed by atoms with Crippen LogP contribution in [0.1, 0.15) is 74.0 Å². The highest BCUT2D eigenvalue weighted by molar-refractivity contribution is 5.40. The standard InChI is InChI=1S/C20H31N/c1-21(2)18-14-13-17-11-8-12-19(20(17)15-18)16-9-6-4-3-5-7-10-16/h8,11-12,16,18H,3-7,9-10,13-15H2,1-2H3/t18-/m1/s1. The number of benzene rings is 1. The van der Waals surface area contributed by atoms with Crippen LogP contribution >= 0.6 is 0 Å². The molecule has 0 spiro atoms. The fourth-order valence-electron chi connectivity index (χ4n) is 4.39. The topological polar surface area (TPSA) is 3.24 Å². The molecule has 1 aromatic carbocycles. The number of hydrogen-bond acceptors (Lipinski definition) is 1. The molecule has 1 saturated carbocycles. The van der Waals surface area contributed by atoms with E-state index in [9.17, 15) is 0 Å². The van der Waals surface area contributed by atoms with Gasteiger partial charge in [-0.3, -0.25) is 0 Å². The molecule has 0 aromatic heterocycles. The second-order valence-electron chi connectivity index (χ2n) is 7.39. The van der Waals surface area contributed by atoms with E-state index < -0.39 is 0 Å². The van der Waals surface area contributed by atoms with Crippen molar-refractivity contribution in [3.63, 3.8) is 0 Å². The van der Waals surface area contributed by atoms with Crippen LogP contribution in [0.5, 0.6) is 0 Å². The summed E-state index contributed by atoms with van der Waals surface area (Å²) in [6.45, 7) is 0. The molecule has 1 heteroatoms. The molecule has 0 amide bonds. The van der Waals surface area contributed by atoms with Crippen LogP contribution in [0.4, 0.5) is 0 Å². The Morgan fingerprint density at radius 1 is 0.905 bits per heavy atom. The summed E-state index contributed by atoms with van der Waals surface area (Å²) in [6.07, 6.45) is 13.9. The summed E-state index contributed by atoms with van der Waals surface area (Å²) in [5.41, 5.74) is 5.07. The predicted molar refractivity (Wildman–Crippen MR) is 91.0 cm³/mol. The molecule has 1 fully saturated rings. The molecular formula is C20H31N. The number of rotatable bonds is 2. The fraction of sp³-hybridized carbons (Fsp3) is 0.700. The lowest BCUT2D eigenvalue weighted by Crippen LogP contribution is -2.34. The highest BCUT2D eigenvalue weighted by atomic mass is 15.1. The van der Waals surface area contributed by atoms with Gasteiger partial charge in [0.15, 0.2) is 0 Å². The molecule has 0 unspecified atom stereocenters. The van der Waals surface area contributed by atoms with Crippen LogP contribution in [0.15, 0.2) is 18.2 Å². The number of hydrogen-bond donors (Lipinski definition) is 0. The Kier molecular flexibility index (Phi) is 5.00. The molecule has 0 radical (unpaired) electrons. The van der Waals surface area contributed by atoms with E-state index in [2.05, 4.69) is 37.2 Å². The second-order valence-corrected chi connectivity index (χ2v) is 7.39. The van der Waals surface area contributed by atoms with Gasteiger partial charge in [0.2, 0.25) is 0 Å². The number of likely N-dealkylation sites (N-methyl/N-ethyl adjacent to an activating group) is 1. The van der Waals surface area contributed by atoms with Gasteiger partial charge in [0.05, 0.1) is 0 Å². The third-order valence-electron chi connectivity index (χ3n) is 5.77. The van der Waals surface area contributed by atoms with E-state index in [0.717, 1.165) is 12.0 Å². The maximum atomic E-state index is 2.45. The zero-order valence-electron chi connectivity index (χ0n) is 13.9. The lowest BCUT2D eigenvalue weighted by atomic mass is 9.78. The summed E-state index contributed by atoms with van der Waals surface area (Å²) < 4.78 is 0. The molecule has 1 aromatic rings. The average Bonchev–Trinajstić information content (AvgIpc) is 2.46. The minimum Gasteiger partial charge on any atom is -0.306 e. The van der Waals surface area contributed by atoms with Crippen molar-refractivity contribution in [3.8, 4) is 0 Å². The Balaban J connectivity index is 1.85. The fourth-order valence-corrected chi connectivity index (χ4v) is 4.39. The minimum atomic E-state index is 0.743. The molecule has 2 aliphatic carbocycles. The molecule has 1 nitrogen and oxygen atoms in total. The van der Waals surface area contributed by atoms with Crippen molar-refractivity contribution in [2.45, 2.75) is 76.2 Å². The smallest absolute Gasteiger partial charge is 0.0133 e. The van der Waals surface area contributed by atoms with Gasteiger partial charge in [0, 0.05) is 6.04 Å². The Labute approximate surface area is 130 Å². The molecule has 0 saturated heterocycles. The highest BCUT2D eigenvalue weighted by Gasteiger charge is 2.25. The molecule has 0 aliphatic heterocycles. The average molecular weight is 285 g/mol. The third kappa shape index (κ3) is 3.51. The van der Waals surface area contributed by atoms with Crippen molar-refractivity contribution in [1.29, 1.82) is 0 Å². The van der Waals surface area contributed by atoms with Crippen LogP contribution in [0.3, 0.4) is 0 Å². The number of fused-ring (bicyclic) bond motifs is 1. The van der Waals surface area contributed by atoms with Crippen LogP contribution < -0.4 is 0 Å². The Bertz CT molecular complexity index is 455. The normalized spacial score (nSPS) is 24.4. The SMILES string of the molecule is CN(C)[C@@H]1CCc2cccc(C3CCCCCCC3)c2C1. The molecule has 2 aliphatic rings. The predicted octanol–water partition coefficient (Wildman–Crippen LogP) is 4.93. The molecule has 0 heterocycles. The summed E-state index contributed by atoms with van der Waals surface area (Å²) in [5.74, 6) is 0.834. The first-order valence-electron chi connectivity index (χ1n) is 9.03.